The van der Waals surface area contributed by atoms with Crippen molar-refractivity contribution in [2.75, 3.05) is 24.3 Å². The van der Waals surface area contributed by atoms with E-state index in [4.69, 9.17) is 4.42 Å². The largest absolute Gasteiger partial charge is 0.441 e. The molecule has 0 fully saturated rings. The summed E-state index contributed by atoms with van der Waals surface area (Å²) < 4.78 is 5.55. The lowest BCUT2D eigenvalue weighted by Crippen LogP contribution is -2.13. The van der Waals surface area contributed by atoms with Crippen molar-refractivity contribution in [2.24, 2.45) is 0 Å². The number of rotatable bonds is 4. The standard InChI is InChI=1S/C20H17N3O2/c1-23(2)19-10-9-18(25-19)12-16(13-21)20(24)22-17-8-7-14-5-3-4-6-15(14)11-17/h3-12H,1-2H3,(H,22,24). The number of amides is 1. The van der Waals surface area contributed by atoms with Crippen LogP contribution in [-0.2, 0) is 4.79 Å². The highest BCUT2D eigenvalue weighted by Crippen LogP contribution is 2.21. The van der Waals surface area contributed by atoms with E-state index in [-0.39, 0.29) is 5.57 Å². The van der Waals surface area contributed by atoms with Gasteiger partial charge in [0.15, 0.2) is 5.88 Å². The van der Waals surface area contributed by atoms with Crippen LogP contribution in [0, 0.1) is 11.3 Å². The van der Waals surface area contributed by atoms with Crippen LogP contribution in [0.4, 0.5) is 11.6 Å². The number of benzene rings is 2. The average Bonchev–Trinajstić information content (AvgIpc) is 3.08. The van der Waals surface area contributed by atoms with Crippen molar-refractivity contribution in [3.05, 3.63) is 65.9 Å². The minimum atomic E-state index is -0.472. The molecule has 124 valence electrons. The van der Waals surface area contributed by atoms with E-state index in [2.05, 4.69) is 5.32 Å². The Morgan fingerprint density at radius 3 is 2.56 bits per heavy atom. The fourth-order valence-corrected chi connectivity index (χ4v) is 2.42. The van der Waals surface area contributed by atoms with Crippen LogP contribution >= 0.6 is 0 Å². The zero-order chi connectivity index (χ0) is 17.8. The minimum Gasteiger partial charge on any atom is -0.441 e. The van der Waals surface area contributed by atoms with Gasteiger partial charge in [0.05, 0.1) is 0 Å². The maximum atomic E-state index is 12.4. The predicted molar refractivity (Wildman–Crippen MR) is 99.2 cm³/mol. The molecule has 25 heavy (non-hydrogen) atoms. The molecule has 1 amide bonds. The van der Waals surface area contributed by atoms with Crippen LogP contribution < -0.4 is 10.2 Å². The molecule has 5 heteroatoms. The first kappa shape index (κ1) is 16.3. The van der Waals surface area contributed by atoms with E-state index in [1.54, 1.807) is 17.0 Å². The number of nitrogens with one attached hydrogen (secondary N) is 1. The lowest BCUT2D eigenvalue weighted by atomic mass is 10.1. The second kappa shape index (κ2) is 6.93. The third kappa shape index (κ3) is 3.70. The van der Waals surface area contributed by atoms with Crippen molar-refractivity contribution in [1.29, 1.82) is 5.26 Å². The average molecular weight is 331 g/mol. The van der Waals surface area contributed by atoms with E-state index >= 15 is 0 Å². The molecule has 0 saturated carbocycles. The van der Waals surface area contributed by atoms with Crippen LogP contribution in [0.2, 0.25) is 0 Å². The van der Waals surface area contributed by atoms with Gasteiger partial charge in [-0.25, -0.2) is 0 Å². The van der Waals surface area contributed by atoms with Crippen molar-refractivity contribution >= 4 is 34.3 Å². The Bertz CT molecular complexity index is 993. The molecule has 5 nitrogen and oxygen atoms in total. The topological polar surface area (TPSA) is 69.3 Å². The van der Waals surface area contributed by atoms with E-state index in [0.717, 1.165) is 10.8 Å². The predicted octanol–water partition coefficient (Wildman–Crippen LogP) is 4.04. The maximum Gasteiger partial charge on any atom is 0.266 e. The molecule has 1 N–H and O–H groups in total. The first-order valence-corrected chi connectivity index (χ1v) is 7.76. The molecular weight excluding hydrogens is 314 g/mol. The van der Waals surface area contributed by atoms with E-state index in [9.17, 15) is 10.1 Å². The molecule has 0 aliphatic carbocycles. The summed E-state index contributed by atoms with van der Waals surface area (Å²) in [6, 6.07) is 18.9. The molecule has 0 saturated heterocycles. The van der Waals surface area contributed by atoms with Crippen LogP contribution in [0.25, 0.3) is 16.8 Å². The Labute approximate surface area is 145 Å². The molecule has 3 rings (SSSR count). The zero-order valence-corrected chi connectivity index (χ0v) is 14.0. The van der Waals surface area contributed by atoms with Gasteiger partial charge in [-0.15, -0.1) is 0 Å². The van der Waals surface area contributed by atoms with Crippen molar-refractivity contribution in [2.45, 2.75) is 0 Å². The molecule has 0 atom stereocenters. The Hall–Kier alpha value is -3.52. The van der Waals surface area contributed by atoms with Gasteiger partial charge in [0.1, 0.15) is 17.4 Å². The third-order valence-electron chi connectivity index (χ3n) is 3.71. The number of nitrogens with zero attached hydrogens (tertiary/aromatic N) is 2. The maximum absolute atomic E-state index is 12.4. The molecular formula is C20H17N3O2. The van der Waals surface area contributed by atoms with Crippen molar-refractivity contribution in [3.63, 3.8) is 0 Å². The Balaban J connectivity index is 1.81. The molecule has 1 heterocycles. The van der Waals surface area contributed by atoms with Gasteiger partial charge in [0.25, 0.3) is 5.91 Å². The number of hydrogen-bond donors (Lipinski definition) is 1. The first-order chi connectivity index (χ1) is 12.1. The van der Waals surface area contributed by atoms with Gasteiger partial charge in [-0.05, 0) is 29.0 Å². The summed E-state index contributed by atoms with van der Waals surface area (Å²) in [6.45, 7) is 0. The summed E-state index contributed by atoms with van der Waals surface area (Å²) in [6.07, 6.45) is 1.43. The van der Waals surface area contributed by atoms with Gasteiger partial charge in [-0.3, -0.25) is 4.79 Å². The molecule has 0 bridgehead atoms. The Morgan fingerprint density at radius 2 is 1.88 bits per heavy atom. The van der Waals surface area contributed by atoms with Gasteiger partial charge in [-0.1, -0.05) is 30.3 Å². The summed E-state index contributed by atoms with van der Waals surface area (Å²) in [5, 5.41) is 14.1. The molecule has 2 aromatic carbocycles. The minimum absolute atomic E-state index is 0.0205. The fourth-order valence-electron chi connectivity index (χ4n) is 2.42. The van der Waals surface area contributed by atoms with Crippen LogP contribution in [0.3, 0.4) is 0 Å². The Morgan fingerprint density at radius 1 is 1.12 bits per heavy atom. The highest BCUT2D eigenvalue weighted by atomic mass is 16.4. The molecule has 0 spiro atoms. The first-order valence-electron chi connectivity index (χ1n) is 7.76. The van der Waals surface area contributed by atoms with E-state index in [1.165, 1.54) is 6.08 Å². The second-order valence-electron chi connectivity index (χ2n) is 5.76. The highest BCUT2D eigenvalue weighted by molar-refractivity contribution is 6.10. The van der Waals surface area contributed by atoms with Gasteiger partial charge in [0.2, 0.25) is 0 Å². The molecule has 3 aromatic rings. The van der Waals surface area contributed by atoms with Crippen LogP contribution in [0.1, 0.15) is 5.76 Å². The molecule has 0 radical (unpaired) electrons. The zero-order valence-electron chi connectivity index (χ0n) is 14.0. The van der Waals surface area contributed by atoms with Crippen LogP contribution in [-0.4, -0.2) is 20.0 Å². The third-order valence-corrected chi connectivity index (χ3v) is 3.71. The van der Waals surface area contributed by atoms with E-state index in [1.807, 2.05) is 62.6 Å². The van der Waals surface area contributed by atoms with Gasteiger partial charge < -0.3 is 14.6 Å². The lowest BCUT2D eigenvalue weighted by molar-refractivity contribution is -0.112. The Kier molecular flexibility index (Phi) is 4.53. The van der Waals surface area contributed by atoms with Gasteiger partial charge in [0, 0.05) is 31.9 Å². The SMILES string of the molecule is CN(C)c1ccc(C=C(C#N)C(=O)Nc2ccc3ccccc3c2)o1. The van der Waals surface area contributed by atoms with Crippen LogP contribution in [0.15, 0.2) is 64.6 Å². The molecule has 0 aliphatic heterocycles. The fraction of sp³-hybridized carbons (Fsp3) is 0.100. The lowest BCUT2D eigenvalue weighted by Gasteiger charge is -2.06. The summed E-state index contributed by atoms with van der Waals surface area (Å²) in [5.41, 5.74) is 0.617. The van der Waals surface area contributed by atoms with Crippen molar-refractivity contribution < 1.29 is 9.21 Å². The smallest absolute Gasteiger partial charge is 0.266 e. The summed E-state index contributed by atoms with van der Waals surface area (Å²) in [5.74, 6) is 0.632. The molecule has 0 aliphatic rings. The summed E-state index contributed by atoms with van der Waals surface area (Å²) >= 11 is 0. The van der Waals surface area contributed by atoms with Gasteiger partial charge >= 0.3 is 0 Å². The van der Waals surface area contributed by atoms with Crippen molar-refractivity contribution in [1.82, 2.24) is 0 Å². The van der Waals surface area contributed by atoms with E-state index < -0.39 is 5.91 Å². The summed E-state index contributed by atoms with van der Waals surface area (Å²) in [4.78, 5) is 14.2. The number of nitriles is 1. The number of hydrogen-bond acceptors (Lipinski definition) is 4. The summed E-state index contributed by atoms with van der Waals surface area (Å²) in [7, 11) is 3.70. The normalized spacial score (nSPS) is 11.2. The monoisotopic (exact) mass is 331 g/mol. The highest BCUT2D eigenvalue weighted by Gasteiger charge is 2.11. The number of carbonyl (C=O) groups excluding carboxylic acids is 1. The van der Waals surface area contributed by atoms with Crippen LogP contribution in [0.5, 0.6) is 0 Å². The van der Waals surface area contributed by atoms with Crippen molar-refractivity contribution in [3.8, 4) is 6.07 Å². The van der Waals surface area contributed by atoms with E-state index in [0.29, 0.717) is 17.3 Å². The number of furan rings is 1. The van der Waals surface area contributed by atoms with Gasteiger partial charge in [-0.2, -0.15) is 5.26 Å². The molecule has 0 unspecified atom stereocenters. The quantitative estimate of drug-likeness (QED) is 0.578. The molecule has 1 aromatic heterocycles. The number of anilines is 2. The number of fused-ring (bicyclic) bond motifs is 1. The number of carbonyl (C=O) groups is 1. The second-order valence-corrected chi connectivity index (χ2v) is 5.76.